The van der Waals surface area contributed by atoms with Crippen LogP contribution in [0.2, 0.25) is 5.02 Å². The van der Waals surface area contributed by atoms with Crippen molar-refractivity contribution in [2.75, 3.05) is 0 Å². The molecule has 2 aromatic heterocycles. The summed E-state index contributed by atoms with van der Waals surface area (Å²) in [4.78, 5) is 8.76. The first kappa shape index (κ1) is 18.4. The van der Waals surface area contributed by atoms with Crippen LogP contribution in [0, 0.1) is 13.8 Å². The lowest BCUT2D eigenvalue weighted by molar-refractivity contribution is 0.466. The maximum Gasteiger partial charge on any atom is 0.233 e. The number of aromatic nitrogens is 4. The Morgan fingerprint density at radius 3 is 2.64 bits per heavy atom. The van der Waals surface area contributed by atoms with Crippen LogP contribution in [-0.2, 0) is 0 Å². The fraction of sp³-hybridized carbons (Fsp3) is 0.227. The van der Waals surface area contributed by atoms with Crippen molar-refractivity contribution in [1.82, 2.24) is 19.7 Å². The lowest BCUT2D eigenvalue weighted by Gasteiger charge is -2.11. The summed E-state index contributed by atoms with van der Waals surface area (Å²) in [5.74, 6) is 1.66. The SMILES string of the molecule is Cc1cc(Oc2ncnc3c2cnn3-c2cc(Cl)ccc2C)cc(C(C)C)c1. The molecule has 0 radical (unpaired) electrons. The standard InChI is InChI=1S/C22H21ClN4O/c1-13(2)16-7-14(3)8-18(9-16)28-22-19-11-26-27(21(19)24-12-25-22)20-10-17(23)6-5-15(20)4/h5-13H,1-4H3. The van der Waals surface area contributed by atoms with Crippen LogP contribution in [0.5, 0.6) is 11.6 Å². The van der Waals surface area contributed by atoms with Gasteiger partial charge in [0, 0.05) is 5.02 Å². The van der Waals surface area contributed by atoms with Crippen molar-refractivity contribution >= 4 is 22.6 Å². The van der Waals surface area contributed by atoms with Gasteiger partial charge in [-0.05, 0) is 60.7 Å². The molecule has 2 aromatic carbocycles. The number of halogens is 1. The minimum Gasteiger partial charge on any atom is -0.438 e. The zero-order valence-corrected chi connectivity index (χ0v) is 17.0. The lowest BCUT2D eigenvalue weighted by atomic mass is 10.0. The number of hydrogen-bond acceptors (Lipinski definition) is 4. The molecular weight excluding hydrogens is 372 g/mol. The molecule has 0 atom stereocenters. The normalized spacial score (nSPS) is 11.4. The topological polar surface area (TPSA) is 52.8 Å². The van der Waals surface area contributed by atoms with Crippen LogP contribution in [0.3, 0.4) is 0 Å². The molecule has 0 spiro atoms. The molecule has 0 aliphatic carbocycles. The highest BCUT2D eigenvalue weighted by Gasteiger charge is 2.15. The summed E-state index contributed by atoms with van der Waals surface area (Å²) in [6, 6.07) is 11.9. The Bertz CT molecular complexity index is 1170. The largest absolute Gasteiger partial charge is 0.438 e. The van der Waals surface area contributed by atoms with Crippen LogP contribution >= 0.6 is 11.6 Å². The maximum absolute atomic E-state index is 6.18. The molecule has 4 aromatic rings. The lowest BCUT2D eigenvalue weighted by Crippen LogP contribution is -2.00. The second kappa shape index (κ2) is 7.24. The first-order valence-electron chi connectivity index (χ1n) is 9.17. The van der Waals surface area contributed by atoms with Crippen LogP contribution in [0.25, 0.3) is 16.7 Å². The van der Waals surface area contributed by atoms with Gasteiger partial charge in [-0.2, -0.15) is 5.10 Å². The summed E-state index contributed by atoms with van der Waals surface area (Å²) in [7, 11) is 0. The van der Waals surface area contributed by atoms with Crippen molar-refractivity contribution in [3.63, 3.8) is 0 Å². The van der Waals surface area contributed by atoms with Gasteiger partial charge >= 0.3 is 0 Å². The second-order valence-corrected chi connectivity index (χ2v) is 7.68. The number of ether oxygens (including phenoxy) is 1. The fourth-order valence-electron chi connectivity index (χ4n) is 3.17. The second-order valence-electron chi connectivity index (χ2n) is 7.24. The first-order chi connectivity index (χ1) is 13.4. The van der Waals surface area contributed by atoms with Crippen molar-refractivity contribution in [2.45, 2.75) is 33.6 Å². The van der Waals surface area contributed by atoms with Crippen LogP contribution < -0.4 is 4.74 Å². The van der Waals surface area contributed by atoms with Gasteiger partial charge < -0.3 is 4.74 Å². The fourth-order valence-corrected chi connectivity index (χ4v) is 3.34. The molecule has 4 rings (SSSR count). The molecule has 0 aliphatic heterocycles. The number of aryl methyl sites for hydroxylation is 2. The summed E-state index contributed by atoms with van der Waals surface area (Å²) in [5, 5.41) is 5.90. The van der Waals surface area contributed by atoms with E-state index in [2.05, 4.69) is 48.0 Å². The third kappa shape index (κ3) is 3.45. The average molecular weight is 393 g/mol. The quantitative estimate of drug-likeness (QED) is 0.427. The highest BCUT2D eigenvalue weighted by Crippen LogP contribution is 2.31. The predicted octanol–water partition coefficient (Wildman–Crippen LogP) is 6.00. The summed E-state index contributed by atoms with van der Waals surface area (Å²) in [6.45, 7) is 8.41. The van der Waals surface area contributed by atoms with Crippen molar-refractivity contribution in [2.24, 2.45) is 0 Å². The Kier molecular flexibility index (Phi) is 4.77. The van der Waals surface area contributed by atoms with Crippen LogP contribution in [0.1, 0.15) is 36.5 Å². The molecular formula is C22H21ClN4O. The number of fused-ring (bicyclic) bond motifs is 1. The molecule has 2 heterocycles. The Labute approximate surface area is 169 Å². The van der Waals surface area contributed by atoms with Gasteiger partial charge in [0.25, 0.3) is 0 Å². The highest BCUT2D eigenvalue weighted by atomic mass is 35.5. The molecule has 0 N–H and O–H groups in total. The van der Waals surface area contributed by atoms with Gasteiger partial charge in [0.1, 0.15) is 17.5 Å². The molecule has 0 aliphatic rings. The predicted molar refractivity (Wildman–Crippen MR) is 112 cm³/mol. The van der Waals surface area contributed by atoms with E-state index in [-0.39, 0.29) is 0 Å². The van der Waals surface area contributed by atoms with E-state index in [4.69, 9.17) is 16.3 Å². The molecule has 0 saturated carbocycles. The summed E-state index contributed by atoms with van der Waals surface area (Å²) >= 11 is 6.18. The zero-order valence-electron chi connectivity index (χ0n) is 16.3. The Morgan fingerprint density at radius 2 is 1.86 bits per heavy atom. The van der Waals surface area contributed by atoms with Gasteiger partial charge in [0.15, 0.2) is 5.65 Å². The van der Waals surface area contributed by atoms with E-state index in [1.807, 2.05) is 31.2 Å². The van der Waals surface area contributed by atoms with Crippen molar-refractivity contribution in [3.8, 4) is 17.3 Å². The molecule has 0 amide bonds. The van der Waals surface area contributed by atoms with Crippen molar-refractivity contribution in [1.29, 1.82) is 0 Å². The molecule has 0 unspecified atom stereocenters. The number of hydrogen-bond donors (Lipinski definition) is 0. The third-order valence-electron chi connectivity index (χ3n) is 4.68. The number of benzene rings is 2. The minimum atomic E-state index is 0.418. The molecule has 142 valence electrons. The molecule has 0 saturated heterocycles. The highest BCUT2D eigenvalue weighted by molar-refractivity contribution is 6.30. The molecule has 0 bridgehead atoms. The van der Waals surface area contributed by atoms with E-state index in [1.54, 1.807) is 10.9 Å². The van der Waals surface area contributed by atoms with Crippen LogP contribution in [0.4, 0.5) is 0 Å². The van der Waals surface area contributed by atoms with Crippen molar-refractivity contribution < 1.29 is 4.74 Å². The Morgan fingerprint density at radius 1 is 1.04 bits per heavy atom. The van der Waals surface area contributed by atoms with Gasteiger partial charge in [0.05, 0.1) is 11.9 Å². The van der Waals surface area contributed by atoms with Crippen LogP contribution in [0.15, 0.2) is 48.9 Å². The van der Waals surface area contributed by atoms with Crippen molar-refractivity contribution in [3.05, 3.63) is 70.6 Å². The molecule has 5 nitrogen and oxygen atoms in total. The Balaban J connectivity index is 1.78. The van der Waals surface area contributed by atoms with E-state index in [0.717, 1.165) is 28.0 Å². The third-order valence-corrected chi connectivity index (χ3v) is 4.92. The molecule has 28 heavy (non-hydrogen) atoms. The monoisotopic (exact) mass is 392 g/mol. The molecule has 6 heteroatoms. The smallest absolute Gasteiger partial charge is 0.233 e. The van der Waals surface area contributed by atoms with E-state index in [0.29, 0.717) is 22.5 Å². The van der Waals surface area contributed by atoms with Gasteiger partial charge in [-0.25, -0.2) is 14.6 Å². The van der Waals surface area contributed by atoms with E-state index >= 15 is 0 Å². The van der Waals surface area contributed by atoms with E-state index in [1.165, 1.54) is 11.9 Å². The van der Waals surface area contributed by atoms with Gasteiger partial charge in [-0.15, -0.1) is 0 Å². The zero-order chi connectivity index (χ0) is 19.8. The molecule has 0 fully saturated rings. The number of rotatable bonds is 4. The minimum absolute atomic E-state index is 0.418. The Hall–Kier alpha value is -2.92. The summed E-state index contributed by atoms with van der Waals surface area (Å²) in [5.41, 5.74) is 4.98. The van der Waals surface area contributed by atoms with Gasteiger partial charge in [-0.3, -0.25) is 0 Å². The van der Waals surface area contributed by atoms with Gasteiger partial charge in [0.2, 0.25) is 5.88 Å². The first-order valence-corrected chi connectivity index (χ1v) is 9.55. The van der Waals surface area contributed by atoms with E-state index in [9.17, 15) is 0 Å². The summed E-state index contributed by atoms with van der Waals surface area (Å²) < 4.78 is 7.90. The average Bonchev–Trinajstić information content (AvgIpc) is 3.08. The maximum atomic E-state index is 6.18. The summed E-state index contributed by atoms with van der Waals surface area (Å²) in [6.07, 6.45) is 3.22. The van der Waals surface area contributed by atoms with Gasteiger partial charge in [-0.1, -0.05) is 37.6 Å². The van der Waals surface area contributed by atoms with Crippen LogP contribution in [-0.4, -0.2) is 19.7 Å². The van der Waals surface area contributed by atoms with E-state index < -0.39 is 0 Å². The number of nitrogens with zero attached hydrogens (tertiary/aromatic N) is 4.